The second-order valence-electron chi connectivity index (χ2n) is 2.29. The zero-order valence-corrected chi connectivity index (χ0v) is 6.07. The lowest BCUT2D eigenvalue weighted by molar-refractivity contribution is 0.0375. The van der Waals surface area contributed by atoms with E-state index < -0.39 is 5.60 Å². The summed E-state index contributed by atoms with van der Waals surface area (Å²) in [5, 5.41) is 9.45. The molecular formula is C8H13O. The zero-order chi connectivity index (χ0) is 7.33. The number of aliphatic hydroxyl groups is 1. The minimum atomic E-state index is -0.665. The quantitative estimate of drug-likeness (QED) is 0.567. The second-order valence-corrected chi connectivity index (χ2v) is 2.29. The molecule has 0 aromatic carbocycles. The van der Waals surface area contributed by atoms with Crippen LogP contribution >= 0.6 is 0 Å². The minimum absolute atomic E-state index is 0.361. The van der Waals surface area contributed by atoms with Gasteiger partial charge < -0.3 is 5.11 Å². The minimum Gasteiger partial charge on any atom is -0.389 e. The molecule has 1 heteroatoms. The van der Waals surface area contributed by atoms with Crippen LogP contribution in [0.1, 0.15) is 33.1 Å². The maximum Gasteiger partial charge on any atom is 0.0751 e. The van der Waals surface area contributed by atoms with Crippen molar-refractivity contribution in [2.24, 2.45) is 0 Å². The molecule has 0 unspecified atom stereocenters. The van der Waals surface area contributed by atoms with Gasteiger partial charge in [-0.2, -0.15) is 0 Å². The summed E-state index contributed by atoms with van der Waals surface area (Å²) < 4.78 is 0. The van der Waals surface area contributed by atoms with Crippen LogP contribution in [0.4, 0.5) is 0 Å². The Morgan fingerprint density at radius 3 is 2.00 bits per heavy atom. The number of hydrogen-bond acceptors (Lipinski definition) is 1. The molecule has 0 aromatic rings. The smallest absolute Gasteiger partial charge is 0.0751 e. The van der Waals surface area contributed by atoms with E-state index in [0.717, 1.165) is 0 Å². The summed E-state index contributed by atoms with van der Waals surface area (Å²) in [7, 11) is 0. The molecule has 0 spiro atoms. The lowest BCUT2D eigenvalue weighted by atomic mass is 9.94. The Morgan fingerprint density at radius 1 is 1.44 bits per heavy atom. The summed E-state index contributed by atoms with van der Waals surface area (Å²) in [6.07, 6.45) is 8.42. The van der Waals surface area contributed by atoms with Gasteiger partial charge >= 0.3 is 0 Å². The summed E-state index contributed by atoms with van der Waals surface area (Å²) in [5.74, 6) is 2.21. The predicted octanol–water partition coefficient (Wildman–Crippen LogP) is 1.52. The van der Waals surface area contributed by atoms with Gasteiger partial charge in [0.1, 0.15) is 0 Å². The molecule has 0 aliphatic rings. The molecule has 0 aliphatic carbocycles. The summed E-state index contributed by atoms with van der Waals surface area (Å²) in [5.41, 5.74) is -0.665. The van der Waals surface area contributed by atoms with Crippen LogP contribution in [0.2, 0.25) is 0 Å². The van der Waals surface area contributed by atoms with Crippen LogP contribution in [-0.4, -0.2) is 10.7 Å². The lowest BCUT2D eigenvalue weighted by Crippen LogP contribution is -2.25. The van der Waals surface area contributed by atoms with Crippen LogP contribution in [0.3, 0.4) is 0 Å². The first-order chi connectivity index (χ1) is 4.18. The van der Waals surface area contributed by atoms with Gasteiger partial charge in [-0.15, -0.1) is 0 Å². The molecule has 0 amide bonds. The third-order valence-corrected chi connectivity index (χ3v) is 1.73. The fraction of sp³-hybridized carbons (Fsp3) is 0.750. The van der Waals surface area contributed by atoms with Gasteiger partial charge in [-0.1, -0.05) is 19.8 Å². The van der Waals surface area contributed by atoms with Crippen molar-refractivity contribution in [1.82, 2.24) is 0 Å². The average Bonchev–Trinajstić information content (AvgIpc) is 1.89. The van der Waals surface area contributed by atoms with Crippen molar-refractivity contribution in [1.29, 1.82) is 0 Å². The normalized spacial score (nSPS) is 10.9. The molecule has 0 bridgehead atoms. The molecule has 1 N–H and O–H groups in total. The van der Waals surface area contributed by atoms with E-state index in [4.69, 9.17) is 6.42 Å². The van der Waals surface area contributed by atoms with Crippen molar-refractivity contribution in [2.75, 3.05) is 0 Å². The standard InChI is InChI=1S/C8H13O/c1-4-7-8(9,5-2)6-3/h9H,5-7H2,2-3H3. The molecule has 0 aromatic heterocycles. The molecule has 0 saturated heterocycles. The molecule has 0 heterocycles. The summed E-state index contributed by atoms with van der Waals surface area (Å²) in [6.45, 7) is 3.84. The van der Waals surface area contributed by atoms with Crippen molar-refractivity contribution in [3.05, 3.63) is 6.42 Å². The Kier molecular flexibility index (Phi) is 3.34. The highest BCUT2D eigenvalue weighted by Crippen LogP contribution is 2.17. The third kappa shape index (κ3) is 2.53. The summed E-state index contributed by atoms with van der Waals surface area (Å²) in [4.78, 5) is 0. The molecule has 1 radical (unpaired) electrons. The highest BCUT2D eigenvalue weighted by atomic mass is 16.3. The van der Waals surface area contributed by atoms with Crippen LogP contribution in [0, 0.1) is 12.3 Å². The van der Waals surface area contributed by atoms with Crippen LogP contribution in [-0.2, 0) is 0 Å². The molecule has 9 heavy (non-hydrogen) atoms. The maximum atomic E-state index is 9.45. The molecule has 0 aliphatic heterocycles. The van der Waals surface area contributed by atoms with E-state index in [2.05, 4.69) is 5.92 Å². The zero-order valence-electron chi connectivity index (χ0n) is 6.07. The van der Waals surface area contributed by atoms with Gasteiger partial charge in [0.25, 0.3) is 0 Å². The van der Waals surface area contributed by atoms with Crippen molar-refractivity contribution < 1.29 is 5.11 Å². The molecule has 0 fully saturated rings. The predicted molar refractivity (Wildman–Crippen MR) is 37.3 cm³/mol. The topological polar surface area (TPSA) is 20.2 Å². The number of rotatable bonds is 3. The SMILES string of the molecule is [C]#CCC(O)(CC)CC. The van der Waals surface area contributed by atoms with Gasteiger partial charge in [0.05, 0.1) is 5.60 Å². The first kappa shape index (κ1) is 8.52. The molecule has 51 valence electrons. The van der Waals surface area contributed by atoms with Gasteiger partial charge in [-0.25, -0.2) is 0 Å². The Labute approximate surface area is 57.1 Å². The summed E-state index contributed by atoms with van der Waals surface area (Å²) in [6, 6.07) is 0. The van der Waals surface area contributed by atoms with E-state index in [1.165, 1.54) is 0 Å². The Hall–Kier alpha value is -0.480. The fourth-order valence-corrected chi connectivity index (χ4v) is 0.665. The van der Waals surface area contributed by atoms with Crippen LogP contribution < -0.4 is 0 Å². The van der Waals surface area contributed by atoms with E-state index in [1.54, 1.807) is 0 Å². The van der Waals surface area contributed by atoms with Gasteiger partial charge in [-0.3, -0.25) is 0 Å². The largest absolute Gasteiger partial charge is 0.389 e. The molecule has 0 atom stereocenters. The van der Waals surface area contributed by atoms with Gasteiger partial charge in [-0.05, 0) is 19.3 Å². The van der Waals surface area contributed by atoms with Crippen molar-refractivity contribution in [3.8, 4) is 5.92 Å². The van der Waals surface area contributed by atoms with Gasteiger partial charge in [0.15, 0.2) is 0 Å². The average molecular weight is 125 g/mol. The van der Waals surface area contributed by atoms with Crippen LogP contribution in [0.5, 0.6) is 0 Å². The highest BCUT2D eigenvalue weighted by molar-refractivity contribution is 4.89. The third-order valence-electron chi connectivity index (χ3n) is 1.73. The van der Waals surface area contributed by atoms with E-state index in [1.807, 2.05) is 13.8 Å². The first-order valence-corrected chi connectivity index (χ1v) is 3.30. The Bertz CT molecular complexity index is 106. The molecular weight excluding hydrogens is 112 g/mol. The van der Waals surface area contributed by atoms with E-state index in [-0.39, 0.29) is 0 Å². The van der Waals surface area contributed by atoms with Gasteiger partial charge in [0, 0.05) is 6.42 Å². The Morgan fingerprint density at radius 2 is 1.89 bits per heavy atom. The Balaban J connectivity index is 3.80. The number of hydrogen-bond donors (Lipinski definition) is 1. The van der Waals surface area contributed by atoms with E-state index >= 15 is 0 Å². The monoisotopic (exact) mass is 125 g/mol. The summed E-state index contributed by atoms with van der Waals surface area (Å²) >= 11 is 0. The fourth-order valence-electron chi connectivity index (χ4n) is 0.665. The van der Waals surface area contributed by atoms with Crippen LogP contribution in [0.15, 0.2) is 0 Å². The van der Waals surface area contributed by atoms with Crippen molar-refractivity contribution >= 4 is 0 Å². The van der Waals surface area contributed by atoms with Gasteiger partial charge in [0.2, 0.25) is 0 Å². The second kappa shape index (κ2) is 3.53. The molecule has 0 rings (SSSR count). The van der Waals surface area contributed by atoms with Crippen LogP contribution in [0.25, 0.3) is 0 Å². The van der Waals surface area contributed by atoms with Crippen molar-refractivity contribution in [3.63, 3.8) is 0 Å². The molecule has 1 nitrogen and oxygen atoms in total. The van der Waals surface area contributed by atoms with E-state index in [0.29, 0.717) is 19.3 Å². The van der Waals surface area contributed by atoms with Crippen molar-refractivity contribution in [2.45, 2.75) is 38.7 Å². The lowest BCUT2D eigenvalue weighted by Gasteiger charge is -2.21. The highest BCUT2D eigenvalue weighted by Gasteiger charge is 2.19. The first-order valence-electron chi connectivity index (χ1n) is 3.30. The molecule has 0 saturated carbocycles. The van der Waals surface area contributed by atoms with E-state index in [9.17, 15) is 5.11 Å². The maximum absolute atomic E-state index is 9.45.